The summed E-state index contributed by atoms with van der Waals surface area (Å²) in [6.45, 7) is 2.30. The number of nitrogens with zero attached hydrogens (tertiary/aromatic N) is 4. The minimum Gasteiger partial charge on any atom is -0.268 e. The Balaban J connectivity index is 1.61. The van der Waals surface area contributed by atoms with Crippen LogP contribution >= 0.6 is 23.1 Å². The minimum atomic E-state index is 0.0118. The first-order valence-corrected chi connectivity index (χ1v) is 12.7. The topological polar surface area (TPSA) is 52.2 Å². The van der Waals surface area contributed by atoms with Crippen LogP contribution in [0.1, 0.15) is 29.3 Å². The molecular formula is C25H22N4OS2. The zero-order valence-corrected chi connectivity index (χ0v) is 19.3. The maximum Gasteiger partial charge on any atom is 0.268 e. The molecule has 0 unspecified atom stereocenters. The van der Waals surface area contributed by atoms with E-state index < -0.39 is 0 Å². The van der Waals surface area contributed by atoms with E-state index in [2.05, 4.69) is 45.8 Å². The maximum atomic E-state index is 13.8. The molecule has 5 aromatic rings. The second-order valence-corrected chi connectivity index (χ2v) is 10.4. The molecule has 0 spiro atoms. The van der Waals surface area contributed by atoms with E-state index in [0.717, 1.165) is 46.1 Å². The molecule has 2 aromatic carbocycles. The number of para-hydroxylation sites is 1. The summed E-state index contributed by atoms with van der Waals surface area (Å²) in [4.78, 5) is 16.2. The number of hydrogen-bond donors (Lipinski definition) is 0. The Morgan fingerprint density at radius 1 is 1.06 bits per heavy atom. The van der Waals surface area contributed by atoms with Crippen molar-refractivity contribution in [3.05, 3.63) is 87.0 Å². The second-order valence-electron chi connectivity index (χ2n) is 8.40. The molecule has 0 amide bonds. The predicted octanol–water partition coefficient (Wildman–Crippen LogP) is 5.51. The highest BCUT2D eigenvalue weighted by atomic mass is 32.2. The quantitative estimate of drug-likeness (QED) is 0.333. The second kappa shape index (κ2) is 7.90. The first-order chi connectivity index (χ1) is 15.7. The maximum absolute atomic E-state index is 13.8. The van der Waals surface area contributed by atoms with Gasteiger partial charge in [-0.3, -0.25) is 4.79 Å². The largest absolute Gasteiger partial charge is 0.268 e. The Kier molecular flexibility index (Phi) is 4.88. The molecule has 1 aliphatic rings. The van der Waals surface area contributed by atoms with Gasteiger partial charge < -0.3 is 0 Å². The number of aryl methyl sites for hydroxylation is 1. The van der Waals surface area contributed by atoms with Gasteiger partial charge in [-0.2, -0.15) is 0 Å². The van der Waals surface area contributed by atoms with Crippen molar-refractivity contribution in [2.24, 2.45) is 5.92 Å². The normalized spacial score (nSPS) is 16.0. The van der Waals surface area contributed by atoms with Gasteiger partial charge in [0.2, 0.25) is 5.78 Å². The van der Waals surface area contributed by atoms with Crippen molar-refractivity contribution in [3.8, 4) is 5.69 Å². The van der Waals surface area contributed by atoms with Crippen molar-refractivity contribution in [3.63, 3.8) is 0 Å². The summed E-state index contributed by atoms with van der Waals surface area (Å²) in [7, 11) is 0. The van der Waals surface area contributed by atoms with Crippen molar-refractivity contribution in [2.75, 3.05) is 0 Å². The third-order valence-corrected chi connectivity index (χ3v) is 8.39. The van der Waals surface area contributed by atoms with Crippen molar-refractivity contribution < 1.29 is 0 Å². The Morgan fingerprint density at radius 2 is 1.81 bits per heavy atom. The van der Waals surface area contributed by atoms with Crippen LogP contribution in [0.5, 0.6) is 0 Å². The molecule has 7 heteroatoms. The highest BCUT2D eigenvalue weighted by Gasteiger charge is 2.27. The van der Waals surface area contributed by atoms with Crippen LogP contribution < -0.4 is 5.56 Å². The molecule has 5 nitrogen and oxygen atoms in total. The first-order valence-electron chi connectivity index (χ1n) is 10.9. The number of hydrogen-bond acceptors (Lipinski definition) is 5. The van der Waals surface area contributed by atoms with Crippen LogP contribution in [-0.2, 0) is 18.6 Å². The number of fused-ring (bicyclic) bond motifs is 5. The monoisotopic (exact) mass is 458 g/mol. The Hall–Kier alpha value is -2.90. The van der Waals surface area contributed by atoms with Gasteiger partial charge in [0.15, 0.2) is 5.16 Å². The number of thioether (sulfide) groups is 1. The van der Waals surface area contributed by atoms with Gasteiger partial charge in [0.1, 0.15) is 4.83 Å². The number of thiophene rings is 1. The van der Waals surface area contributed by atoms with E-state index in [9.17, 15) is 4.79 Å². The van der Waals surface area contributed by atoms with E-state index in [0.29, 0.717) is 11.7 Å². The fraction of sp³-hybridized carbons (Fsp3) is 0.240. The Labute approximate surface area is 193 Å². The summed E-state index contributed by atoms with van der Waals surface area (Å²) in [5.74, 6) is 2.03. The third kappa shape index (κ3) is 3.19. The van der Waals surface area contributed by atoms with Gasteiger partial charge in [-0.1, -0.05) is 67.2 Å². The van der Waals surface area contributed by atoms with Crippen LogP contribution in [0.3, 0.4) is 0 Å². The van der Waals surface area contributed by atoms with E-state index in [1.807, 2.05) is 36.4 Å². The number of aromatic nitrogens is 4. The molecule has 1 aliphatic carbocycles. The smallest absolute Gasteiger partial charge is 0.268 e. The molecule has 0 radical (unpaired) electrons. The molecule has 0 fully saturated rings. The fourth-order valence-electron chi connectivity index (χ4n) is 4.53. The summed E-state index contributed by atoms with van der Waals surface area (Å²) in [5.41, 5.74) is 3.30. The van der Waals surface area contributed by atoms with Crippen LogP contribution in [0.4, 0.5) is 0 Å². The lowest BCUT2D eigenvalue weighted by atomic mass is 9.89. The lowest BCUT2D eigenvalue weighted by Crippen LogP contribution is -2.22. The van der Waals surface area contributed by atoms with E-state index in [1.54, 1.807) is 27.7 Å². The summed E-state index contributed by atoms with van der Waals surface area (Å²) in [5, 5.41) is 10.7. The zero-order chi connectivity index (χ0) is 21.7. The molecule has 3 heterocycles. The van der Waals surface area contributed by atoms with Crippen LogP contribution in [0.25, 0.3) is 21.7 Å². The van der Waals surface area contributed by atoms with Gasteiger partial charge in [0.25, 0.3) is 5.56 Å². The highest BCUT2D eigenvalue weighted by molar-refractivity contribution is 7.98. The highest BCUT2D eigenvalue weighted by Crippen LogP contribution is 2.38. The third-order valence-electron chi connectivity index (χ3n) is 6.15. The van der Waals surface area contributed by atoms with Crippen molar-refractivity contribution >= 4 is 39.1 Å². The lowest BCUT2D eigenvalue weighted by Gasteiger charge is -2.17. The molecule has 1 atom stereocenters. The van der Waals surface area contributed by atoms with E-state index >= 15 is 0 Å². The minimum absolute atomic E-state index is 0.0118. The van der Waals surface area contributed by atoms with Crippen LogP contribution in [-0.4, -0.2) is 19.2 Å². The first kappa shape index (κ1) is 19.8. The standard InChI is InChI=1S/C25H22N4OS2/c1-16-12-13-19-20(14-16)32-23-21(19)22(30)28(18-10-6-3-7-11-18)24-26-27-25(29(23)24)31-15-17-8-4-2-5-9-17/h2-11,16H,12-15H2,1H3/t16-/m0/s1. The zero-order valence-electron chi connectivity index (χ0n) is 17.7. The fourth-order valence-corrected chi connectivity index (χ4v) is 6.97. The molecule has 32 heavy (non-hydrogen) atoms. The molecule has 160 valence electrons. The summed E-state index contributed by atoms with van der Waals surface area (Å²) in [6, 6.07) is 20.2. The molecule has 0 saturated carbocycles. The van der Waals surface area contributed by atoms with E-state index in [-0.39, 0.29) is 5.56 Å². The van der Waals surface area contributed by atoms with Crippen LogP contribution in [0.2, 0.25) is 0 Å². The van der Waals surface area contributed by atoms with Crippen LogP contribution in [0, 0.1) is 5.92 Å². The molecule has 6 rings (SSSR count). The molecule has 0 bridgehead atoms. The molecular weight excluding hydrogens is 436 g/mol. The van der Waals surface area contributed by atoms with Gasteiger partial charge in [-0.05, 0) is 48.4 Å². The average molecular weight is 459 g/mol. The van der Waals surface area contributed by atoms with Crippen molar-refractivity contribution in [1.29, 1.82) is 0 Å². The van der Waals surface area contributed by atoms with Crippen molar-refractivity contribution in [1.82, 2.24) is 19.2 Å². The summed E-state index contributed by atoms with van der Waals surface area (Å²) in [6.07, 6.45) is 3.12. The molecule has 0 aliphatic heterocycles. The van der Waals surface area contributed by atoms with Crippen molar-refractivity contribution in [2.45, 2.75) is 37.1 Å². The molecule has 0 N–H and O–H groups in total. The number of benzene rings is 2. The Morgan fingerprint density at radius 3 is 2.59 bits per heavy atom. The van der Waals surface area contributed by atoms with Crippen LogP contribution in [0.15, 0.2) is 70.6 Å². The molecule has 0 saturated heterocycles. The Bertz CT molecular complexity index is 1490. The van der Waals surface area contributed by atoms with Gasteiger partial charge in [-0.25, -0.2) is 8.97 Å². The predicted molar refractivity (Wildman–Crippen MR) is 131 cm³/mol. The van der Waals surface area contributed by atoms with Gasteiger partial charge >= 0.3 is 0 Å². The number of rotatable bonds is 4. The van der Waals surface area contributed by atoms with Gasteiger partial charge in [0.05, 0.1) is 11.1 Å². The van der Waals surface area contributed by atoms with Gasteiger partial charge in [0, 0.05) is 10.6 Å². The van der Waals surface area contributed by atoms with E-state index in [1.165, 1.54) is 16.0 Å². The SMILES string of the molecule is C[C@H]1CCc2c(sc3c2c(=O)n(-c2ccccc2)c2nnc(SCc4ccccc4)n32)C1. The average Bonchev–Trinajstić information content (AvgIpc) is 3.40. The summed E-state index contributed by atoms with van der Waals surface area (Å²) < 4.78 is 3.83. The molecule has 3 aromatic heterocycles. The lowest BCUT2D eigenvalue weighted by molar-refractivity contribution is 0.509. The van der Waals surface area contributed by atoms with Gasteiger partial charge in [-0.15, -0.1) is 21.5 Å². The summed E-state index contributed by atoms with van der Waals surface area (Å²) >= 11 is 3.41. The van der Waals surface area contributed by atoms with E-state index in [4.69, 9.17) is 0 Å².